The Kier molecular flexibility index (Phi) is 7.99. The molecule has 7 N–H and O–H groups in total. The lowest BCUT2D eigenvalue weighted by Gasteiger charge is -2.20. The summed E-state index contributed by atoms with van der Waals surface area (Å²) < 4.78 is 56.9. The zero-order valence-electron chi connectivity index (χ0n) is 15.8. The van der Waals surface area contributed by atoms with Gasteiger partial charge >= 0.3 is 29.2 Å². The number of aliphatic hydroxyl groups is 1. The second-order valence-electron chi connectivity index (χ2n) is 6.14. The maximum Gasteiger partial charge on any atom is 0.490 e. The van der Waals surface area contributed by atoms with Crippen molar-refractivity contribution in [1.29, 1.82) is 0 Å². The molecule has 1 aliphatic rings. The van der Waals surface area contributed by atoms with Crippen LogP contribution in [-0.2, 0) is 36.3 Å². The van der Waals surface area contributed by atoms with E-state index >= 15 is 0 Å². The second-order valence-corrected chi connectivity index (χ2v) is 10.6. The molecule has 0 bridgehead atoms. The molecular formula is C11H20N3O14P3. The molecule has 6 atom stereocenters. The Morgan fingerprint density at radius 2 is 1.81 bits per heavy atom. The quantitative estimate of drug-likeness (QED) is 0.212. The van der Waals surface area contributed by atoms with Gasteiger partial charge < -0.3 is 39.9 Å². The van der Waals surface area contributed by atoms with E-state index in [1.807, 2.05) is 0 Å². The lowest BCUT2D eigenvalue weighted by molar-refractivity contribution is -0.0619. The summed E-state index contributed by atoms with van der Waals surface area (Å²) in [5, 5.41) is 10.3. The van der Waals surface area contributed by atoms with Crippen LogP contribution < -0.4 is 11.4 Å². The molecule has 0 amide bonds. The number of phosphoric acid groups is 3. The summed E-state index contributed by atoms with van der Waals surface area (Å²) in [6.45, 7) is 0.621. The van der Waals surface area contributed by atoms with Gasteiger partial charge in [-0.05, 0) is 6.92 Å². The third-order valence-corrected chi connectivity index (χ3v) is 7.65. The van der Waals surface area contributed by atoms with Gasteiger partial charge in [-0.25, -0.2) is 18.5 Å². The van der Waals surface area contributed by atoms with Crippen LogP contribution in [0.15, 0.2) is 11.0 Å². The van der Waals surface area contributed by atoms with E-state index in [-0.39, 0.29) is 5.82 Å². The highest BCUT2D eigenvalue weighted by Gasteiger charge is 2.47. The number of phosphoric ester groups is 1. The molecule has 0 saturated carbocycles. The van der Waals surface area contributed by atoms with Crippen molar-refractivity contribution in [1.82, 2.24) is 9.55 Å². The van der Waals surface area contributed by atoms with Crippen LogP contribution in [0, 0.1) is 6.92 Å². The minimum absolute atomic E-state index is 0.0297. The largest absolute Gasteiger partial charge is 0.490 e. The van der Waals surface area contributed by atoms with Gasteiger partial charge in [-0.1, -0.05) is 0 Å². The van der Waals surface area contributed by atoms with Gasteiger partial charge in [0.15, 0.2) is 6.23 Å². The van der Waals surface area contributed by atoms with Crippen LogP contribution in [-0.4, -0.2) is 66.3 Å². The molecule has 1 aromatic heterocycles. The Morgan fingerprint density at radius 3 is 2.35 bits per heavy atom. The normalized spacial score (nSPS) is 28.2. The predicted molar refractivity (Wildman–Crippen MR) is 98.2 cm³/mol. The summed E-state index contributed by atoms with van der Waals surface area (Å²) in [6, 6.07) is 0. The van der Waals surface area contributed by atoms with E-state index in [1.54, 1.807) is 6.92 Å². The molecule has 0 aromatic carbocycles. The smallest absolute Gasteiger partial charge is 0.387 e. The number of methoxy groups -OCH3 is 1. The molecular weight excluding hydrogens is 491 g/mol. The van der Waals surface area contributed by atoms with E-state index in [4.69, 9.17) is 29.9 Å². The SMILES string of the molecule is CO[C@@H]1[C@H](O)[C@@H](COP(=O)(O)OP(=O)(O)OP(=O)(O)O)O[C@H]1n1cc(C)c(N)nc1=O. The van der Waals surface area contributed by atoms with Crippen molar-refractivity contribution in [3.63, 3.8) is 0 Å². The molecule has 2 rings (SSSR count). The molecule has 1 saturated heterocycles. The molecule has 17 nitrogen and oxygen atoms in total. The van der Waals surface area contributed by atoms with E-state index in [0.717, 1.165) is 4.57 Å². The number of aliphatic hydroxyl groups excluding tert-OH is 1. The fourth-order valence-corrected chi connectivity index (χ4v) is 5.60. The number of nitrogen functional groups attached to an aromatic ring is 1. The van der Waals surface area contributed by atoms with Crippen LogP contribution in [0.1, 0.15) is 11.8 Å². The highest BCUT2D eigenvalue weighted by atomic mass is 31.3. The van der Waals surface area contributed by atoms with Gasteiger partial charge in [-0.3, -0.25) is 9.09 Å². The third-order valence-electron chi connectivity index (χ3n) is 3.85. The standard InChI is InChI=1S/C11H20N3O14P3/c1-5-3-14(11(16)13-9(5)12)10-8(24-2)7(15)6(26-10)4-25-30(20,21)28-31(22,23)27-29(17,18)19/h3,6-8,10,15H,4H2,1-2H3,(H,20,21)(H,22,23)(H2,12,13,16)(H2,17,18,19)/t6-,7-,8-,10-/m1/s1. The minimum atomic E-state index is -5.70. The Balaban J connectivity index is 2.13. The van der Waals surface area contributed by atoms with Crippen LogP contribution in [0.2, 0.25) is 0 Å². The Labute approximate surface area is 173 Å². The first kappa shape index (κ1) is 26.2. The highest BCUT2D eigenvalue weighted by molar-refractivity contribution is 7.66. The first-order valence-electron chi connectivity index (χ1n) is 8.05. The summed E-state index contributed by atoms with van der Waals surface area (Å²) in [5.41, 5.74) is 5.12. The zero-order valence-corrected chi connectivity index (χ0v) is 18.5. The molecule has 0 radical (unpaired) electrons. The highest BCUT2D eigenvalue weighted by Crippen LogP contribution is 2.66. The van der Waals surface area contributed by atoms with Crippen LogP contribution >= 0.6 is 23.5 Å². The number of anilines is 1. The van der Waals surface area contributed by atoms with Crippen molar-refractivity contribution in [2.45, 2.75) is 31.5 Å². The van der Waals surface area contributed by atoms with Gasteiger partial charge in [-0.15, -0.1) is 0 Å². The summed E-state index contributed by atoms with van der Waals surface area (Å²) in [7, 11) is -15.5. The molecule has 20 heteroatoms. The van der Waals surface area contributed by atoms with Gasteiger partial charge in [0.05, 0.1) is 6.61 Å². The van der Waals surface area contributed by atoms with Crippen molar-refractivity contribution in [2.75, 3.05) is 19.5 Å². The first-order valence-corrected chi connectivity index (χ1v) is 12.6. The average Bonchev–Trinajstić information content (AvgIpc) is 2.88. The fraction of sp³-hybridized carbons (Fsp3) is 0.636. The van der Waals surface area contributed by atoms with Crippen molar-refractivity contribution in [3.8, 4) is 0 Å². The molecule has 0 aliphatic carbocycles. The lowest BCUT2D eigenvalue weighted by atomic mass is 10.1. The molecule has 2 heterocycles. The number of aromatic nitrogens is 2. The predicted octanol–water partition coefficient (Wildman–Crippen LogP) is -1.25. The van der Waals surface area contributed by atoms with E-state index < -0.39 is 60.3 Å². The Morgan fingerprint density at radius 1 is 1.19 bits per heavy atom. The number of nitrogens with zero attached hydrogens (tertiary/aromatic N) is 2. The van der Waals surface area contributed by atoms with Crippen LogP contribution in [0.5, 0.6) is 0 Å². The van der Waals surface area contributed by atoms with Crippen molar-refractivity contribution in [2.24, 2.45) is 0 Å². The third kappa shape index (κ3) is 6.97. The van der Waals surface area contributed by atoms with Gasteiger partial charge in [-0.2, -0.15) is 13.6 Å². The second kappa shape index (κ2) is 9.45. The maximum atomic E-state index is 12.1. The van der Waals surface area contributed by atoms with Crippen LogP contribution in [0.4, 0.5) is 5.82 Å². The van der Waals surface area contributed by atoms with E-state index in [2.05, 4.69) is 18.1 Å². The zero-order chi connectivity index (χ0) is 23.8. The number of hydrogen-bond donors (Lipinski definition) is 6. The Bertz CT molecular complexity index is 1010. The van der Waals surface area contributed by atoms with Gasteiger partial charge in [0.2, 0.25) is 0 Å². The molecule has 1 aromatic rings. The molecule has 31 heavy (non-hydrogen) atoms. The van der Waals surface area contributed by atoms with E-state index in [9.17, 15) is 28.5 Å². The number of hydrogen-bond acceptors (Lipinski definition) is 12. The molecule has 1 fully saturated rings. The maximum absolute atomic E-state index is 12.1. The fourth-order valence-electron chi connectivity index (χ4n) is 2.57. The molecule has 2 unspecified atom stereocenters. The topological polar surface area (TPSA) is 259 Å². The summed E-state index contributed by atoms with van der Waals surface area (Å²) in [6.07, 6.45) is -4.07. The molecule has 178 valence electrons. The van der Waals surface area contributed by atoms with Gasteiger partial charge in [0.25, 0.3) is 0 Å². The van der Waals surface area contributed by atoms with E-state index in [0.29, 0.717) is 5.56 Å². The molecule has 0 spiro atoms. The summed E-state index contributed by atoms with van der Waals surface area (Å²) in [5.74, 6) is -0.0297. The van der Waals surface area contributed by atoms with Crippen molar-refractivity contribution in [3.05, 3.63) is 22.2 Å². The number of ether oxygens (including phenoxy) is 2. The number of rotatable bonds is 9. The number of aryl methyl sites for hydroxylation is 1. The molecule has 1 aliphatic heterocycles. The number of nitrogens with two attached hydrogens (primary N) is 1. The van der Waals surface area contributed by atoms with Crippen molar-refractivity contribution < 1.29 is 61.0 Å². The average molecular weight is 511 g/mol. The van der Waals surface area contributed by atoms with Crippen molar-refractivity contribution >= 4 is 29.3 Å². The summed E-state index contributed by atoms with van der Waals surface area (Å²) >= 11 is 0. The minimum Gasteiger partial charge on any atom is -0.387 e. The Hall–Kier alpha value is -1.03. The van der Waals surface area contributed by atoms with E-state index in [1.165, 1.54) is 13.3 Å². The monoisotopic (exact) mass is 511 g/mol. The van der Waals surface area contributed by atoms with Crippen LogP contribution in [0.25, 0.3) is 0 Å². The van der Waals surface area contributed by atoms with Gasteiger partial charge in [0, 0.05) is 18.9 Å². The lowest BCUT2D eigenvalue weighted by Crippen LogP contribution is -2.37. The van der Waals surface area contributed by atoms with Crippen LogP contribution in [0.3, 0.4) is 0 Å². The summed E-state index contributed by atoms with van der Waals surface area (Å²) in [4.78, 5) is 51.3. The van der Waals surface area contributed by atoms with Gasteiger partial charge in [0.1, 0.15) is 24.1 Å². The first-order chi connectivity index (χ1) is 14.1.